The molecule has 0 aliphatic carbocycles. The van der Waals surface area contributed by atoms with Crippen LogP contribution in [0.2, 0.25) is 20.1 Å². The summed E-state index contributed by atoms with van der Waals surface area (Å²) in [5.74, 6) is -1.25. The molecule has 4 rings (SSSR count). The van der Waals surface area contributed by atoms with Gasteiger partial charge in [0, 0.05) is 10.6 Å². The number of nitrogens with zero attached hydrogens (tertiary/aromatic N) is 1. The summed E-state index contributed by atoms with van der Waals surface area (Å²) in [6.45, 7) is 0.210. The quantitative estimate of drug-likeness (QED) is 0.297. The lowest BCUT2D eigenvalue weighted by Gasteiger charge is -2.26. The minimum atomic E-state index is -0.896. The number of ether oxygens (including phenoxy) is 1. The van der Waals surface area contributed by atoms with Gasteiger partial charge in [-0.15, -0.1) is 0 Å². The first-order chi connectivity index (χ1) is 16.2. The molecule has 0 spiro atoms. The van der Waals surface area contributed by atoms with Gasteiger partial charge in [-0.1, -0.05) is 70.7 Å². The highest BCUT2D eigenvalue weighted by Crippen LogP contribution is 2.31. The lowest BCUT2D eigenvalue weighted by molar-refractivity contribution is -0.122. The van der Waals surface area contributed by atoms with Crippen LogP contribution in [-0.4, -0.2) is 17.8 Å². The molecule has 0 bridgehead atoms. The van der Waals surface area contributed by atoms with Gasteiger partial charge in [-0.05, 0) is 48.0 Å². The van der Waals surface area contributed by atoms with Crippen LogP contribution in [0.25, 0.3) is 6.08 Å². The first-order valence-corrected chi connectivity index (χ1v) is 11.3. The molecule has 0 radical (unpaired) electrons. The molecule has 3 aromatic rings. The largest absolute Gasteiger partial charge is 0.487 e. The Hall–Kier alpha value is -3.03. The van der Waals surface area contributed by atoms with Crippen LogP contribution in [0.3, 0.4) is 0 Å². The lowest BCUT2D eigenvalue weighted by Crippen LogP contribution is -2.54. The normalized spacial score (nSPS) is 15.0. The van der Waals surface area contributed by atoms with Crippen molar-refractivity contribution in [2.24, 2.45) is 0 Å². The molecule has 0 saturated carbocycles. The maximum absolute atomic E-state index is 13.0. The van der Waals surface area contributed by atoms with Crippen molar-refractivity contribution in [2.75, 3.05) is 4.90 Å². The van der Waals surface area contributed by atoms with Crippen molar-refractivity contribution in [1.82, 2.24) is 5.32 Å². The summed E-state index contributed by atoms with van der Waals surface area (Å²) >= 11 is 24.4. The molecule has 1 aliphatic heterocycles. The van der Waals surface area contributed by atoms with Gasteiger partial charge in [0.1, 0.15) is 17.9 Å². The van der Waals surface area contributed by atoms with Gasteiger partial charge in [-0.2, -0.15) is 0 Å². The van der Waals surface area contributed by atoms with E-state index in [4.69, 9.17) is 51.1 Å². The highest BCUT2D eigenvalue weighted by Gasteiger charge is 2.37. The third-order valence-electron chi connectivity index (χ3n) is 4.87. The van der Waals surface area contributed by atoms with Crippen LogP contribution in [0.5, 0.6) is 5.75 Å². The number of hydrogen-bond donors (Lipinski definition) is 1. The molecule has 1 aliphatic rings. The van der Waals surface area contributed by atoms with Crippen LogP contribution >= 0.6 is 46.4 Å². The van der Waals surface area contributed by atoms with E-state index in [2.05, 4.69) is 5.32 Å². The lowest BCUT2D eigenvalue weighted by atomic mass is 10.1. The highest BCUT2D eigenvalue weighted by molar-refractivity contribution is 6.43. The number of barbiturate groups is 1. The summed E-state index contributed by atoms with van der Waals surface area (Å²) < 4.78 is 5.74. The van der Waals surface area contributed by atoms with Crippen LogP contribution in [0.15, 0.2) is 66.2 Å². The zero-order valence-electron chi connectivity index (χ0n) is 17.2. The van der Waals surface area contributed by atoms with E-state index in [1.54, 1.807) is 18.2 Å². The van der Waals surface area contributed by atoms with Crippen molar-refractivity contribution < 1.29 is 19.1 Å². The van der Waals surface area contributed by atoms with Gasteiger partial charge in [0.25, 0.3) is 11.8 Å². The Labute approximate surface area is 214 Å². The number of benzene rings is 3. The van der Waals surface area contributed by atoms with E-state index in [1.807, 2.05) is 18.2 Å². The molecule has 0 aromatic heterocycles. The summed E-state index contributed by atoms with van der Waals surface area (Å²) in [5, 5.41) is 3.40. The summed E-state index contributed by atoms with van der Waals surface area (Å²) in [5.41, 5.74) is 1.16. The number of urea groups is 1. The van der Waals surface area contributed by atoms with E-state index in [1.165, 1.54) is 30.3 Å². The molecule has 6 nitrogen and oxygen atoms in total. The molecular weight excluding hydrogens is 522 g/mol. The fourth-order valence-corrected chi connectivity index (χ4v) is 3.90. The van der Waals surface area contributed by atoms with Crippen LogP contribution < -0.4 is 15.0 Å². The number of halogens is 4. The summed E-state index contributed by atoms with van der Waals surface area (Å²) in [6.07, 6.45) is 1.33. The van der Waals surface area contributed by atoms with E-state index >= 15 is 0 Å². The first kappa shape index (κ1) is 24.1. The molecule has 4 amide bonds. The number of imide groups is 2. The molecule has 34 heavy (non-hydrogen) atoms. The molecule has 1 heterocycles. The average Bonchev–Trinajstić information content (AvgIpc) is 2.79. The second kappa shape index (κ2) is 10.1. The zero-order valence-corrected chi connectivity index (χ0v) is 20.2. The molecule has 3 aromatic carbocycles. The molecule has 1 N–H and O–H groups in total. The predicted octanol–water partition coefficient (Wildman–Crippen LogP) is 6.55. The standard InChI is InChI=1S/C24H14Cl4N2O4/c25-17-4-2-1-3-14(17)12-34-21-8-5-13(10-20(21)28)9-16-22(31)29-24(33)30(23(16)32)15-6-7-18(26)19(27)11-15/h1-11H,12H2,(H,29,31,33)/b16-9+. The Bertz CT molecular complexity index is 1360. The van der Waals surface area contributed by atoms with E-state index in [0.717, 1.165) is 10.5 Å². The summed E-state index contributed by atoms with van der Waals surface area (Å²) in [4.78, 5) is 38.6. The van der Waals surface area contributed by atoms with E-state index in [0.29, 0.717) is 16.3 Å². The van der Waals surface area contributed by atoms with E-state index < -0.39 is 17.8 Å². The Balaban J connectivity index is 1.58. The average molecular weight is 536 g/mol. The van der Waals surface area contributed by atoms with Crippen molar-refractivity contribution in [3.8, 4) is 5.75 Å². The number of carbonyl (C=O) groups excluding carboxylic acids is 3. The summed E-state index contributed by atoms with van der Waals surface area (Å²) in [7, 11) is 0. The number of amides is 4. The Kier molecular flexibility index (Phi) is 7.14. The monoisotopic (exact) mass is 534 g/mol. The molecule has 0 atom stereocenters. The van der Waals surface area contributed by atoms with Crippen molar-refractivity contribution in [1.29, 1.82) is 0 Å². The fourth-order valence-electron chi connectivity index (χ4n) is 3.18. The number of nitrogens with one attached hydrogen (secondary N) is 1. The van der Waals surface area contributed by atoms with Crippen molar-refractivity contribution in [3.05, 3.63) is 97.5 Å². The van der Waals surface area contributed by atoms with Gasteiger partial charge in [0.15, 0.2) is 0 Å². The number of anilines is 1. The molecular formula is C24H14Cl4N2O4. The molecule has 1 fully saturated rings. The SMILES string of the molecule is O=C1NC(=O)N(c2ccc(Cl)c(Cl)c2)C(=O)/C1=C/c1ccc(OCc2ccccc2Cl)c(Cl)c1. The zero-order chi connectivity index (χ0) is 24.4. The smallest absolute Gasteiger partial charge is 0.335 e. The van der Waals surface area contributed by atoms with Gasteiger partial charge in [-0.25, -0.2) is 9.69 Å². The van der Waals surface area contributed by atoms with E-state index in [-0.39, 0.29) is 32.9 Å². The second-order valence-corrected chi connectivity index (χ2v) is 8.76. The van der Waals surface area contributed by atoms with Crippen LogP contribution in [0.4, 0.5) is 10.5 Å². The molecule has 1 saturated heterocycles. The fraction of sp³-hybridized carbons (Fsp3) is 0.0417. The molecule has 172 valence electrons. The van der Waals surface area contributed by atoms with Crippen LogP contribution in [0, 0.1) is 0 Å². The minimum Gasteiger partial charge on any atom is -0.487 e. The van der Waals surface area contributed by atoms with Gasteiger partial charge >= 0.3 is 6.03 Å². The minimum absolute atomic E-state index is 0.154. The van der Waals surface area contributed by atoms with Gasteiger partial charge < -0.3 is 4.74 Å². The first-order valence-electron chi connectivity index (χ1n) is 9.77. The topological polar surface area (TPSA) is 75.7 Å². The maximum Gasteiger partial charge on any atom is 0.335 e. The van der Waals surface area contributed by atoms with E-state index in [9.17, 15) is 14.4 Å². The van der Waals surface area contributed by atoms with Crippen molar-refractivity contribution in [2.45, 2.75) is 6.61 Å². The summed E-state index contributed by atoms with van der Waals surface area (Å²) in [6, 6.07) is 15.4. The Morgan fingerprint density at radius 3 is 2.29 bits per heavy atom. The van der Waals surface area contributed by atoms with Gasteiger partial charge in [0.05, 0.1) is 20.8 Å². The van der Waals surface area contributed by atoms with Crippen LogP contribution in [-0.2, 0) is 16.2 Å². The number of carbonyl (C=O) groups is 3. The molecule has 0 unspecified atom stereocenters. The highest BCUT2D eigenvalue weighted by atomic mass is 35.5. The number of rotatable bonds is 5. The van der Waals surface area contributed by atoms with Gasteiger partial charge in [0.2, 0.25) is 0 Å². The Morgan fingerprint density at radius 2 is 1.59 bits per heavy atom. The van der Waals surface area contributed by atoms with Crippen LogP contribution in [0.1, 0.15) is 11.1 Å². The Morgan fingerprint density at radius 1 is 0.824 bits per heavy atom. The third-order valence-corrected chi connectivity index (χ3v) is 6.27. The second-order valence-electron chi connectivity index (χ2n) is 7.13. The van der Waals surface area contributed by atoms with Gasteiger partial charge in [-0.3, -0.25) is 14.9 Å². The maximum atomic E-state index is 13.0. The predicted molar refractivity (Wildman–Crippen MR) is 133 cm³/mol. The number of hydrogen-bond acceptors (Lipinski definition) is 4. The third kappa shape index (κ3) is 5.05. The van der Waals surface area contributed by atoms with Crippen molar-refractivity contribution >= 4 is 76.0 Å². The van der Waals surface area contributed by atoms with Crippen molar-refractivity contribution in [3.63, 3.8) is 0 Å². The molecule has 10 heteroatoms.